The fraction of sp³-hybridized carbons (Fsp3) is 0.320. The number of urea groups is 1. The molecule has 2 aromatic heterocycles. The van der Waals surface area contributed by atoms with Crippen LogP contribution in [0.25, 0.3) is 27.8 Å². The Morgan fingerprint density at radius 1 is 1.23 bits per heavy atom. The molecule has 4 aromatic rings. The van der Waals surface area contributed by atoms with E-state index < -0.39 is 0 Å². The number of rotatable bonds is 7. The molecule has 1 saturated heterocycles. The van der Waals surface area contributed by atoms with E-state index in [-0.39, 0.29) is 12.1 Å². The summed E-state index contributed by atoms with van der Waals surface area (Å²) >= 11 is 0. The number of ether oxygens (including phenoxy) is 1. The number of methoxy groups -OCH3 is 1. The van der Waals surface area contributed by atoms with E-state index in [0.29, 0.717) is 32.1 Å². The van der Waals surface area contributed by atoms with Gasteiger partial charge < -0.3 is 10.1 Å². The molecule has 0 radical (unpaired) electrons. The Morgan fingerprint density at radius 2 is 2.06 bits per heavy atom. The largest absolute Gasteiger partial charge is 0.383 e. The molecule has 10 heteroatoms. The molecule has 2 N–H and O–H groups in total. The Balaban J connectivity index is 1.42. The molecular formula is C25H29N7O3. The molecule has 1 fully saturated rings. The number of carbonyl (C=O) groups excluding carboxylic acids is 1. The second-order valence-electron chi connectivity index (χ2n) is 8.58. The summed E-state index contributed by atoms with van der Waals surface area (Å²) < 4.78 is 8.71. The van der Waals surface area contributed by atoms with E-state index in [1.165, 1.54) is 0 Å². The molecule has 182 valence electrons. The van der Waals surface area contributed by atoms with Crippen molar-refractivity contribution in [2.45, 2.75) is 13.0 Å². The predicted octanol–water partition coefficient (Wildman–Crippen LogP) is 3.12. The van der Waals surface area contributed by atoms with Crippen LogP contribution in [0, 0.1) is 6.92 Å². The van der Waals surface area contributed by atoms with Gasteiger partial charge in [0.25, 0.3) is 0 Å². The van der Waals surface area contributed by atoms with Gasteiger partial charge in [0, 0.05) is 43.8 Å². The first kappa shape index (κ1) is 23.0. The van der Waals surface area contributed by atoms with Gasteiger partial charge in [0.15, 0.2) is 0 Å². The number of amides is 2. The highest BCUT2D eigenvalue weighted by molar-refractivity contribution is 5.92. The molecule has 2 amide bonds. The van der Waals surface area contributed by atoms with Crippen LogP contribution in [0.3, 0.4) is 0 Å². The topological polar surface area (TPSA) is 98.5 Å². The zero-order valence-electron chi connectivity index (χ0n) is 20.1. The molecule has 2 aromatic carbocycles. The zero-order chi connectivity index (χ0) is 24.4. The van der Waals surface area contributed by atoms with Crippen molar-refractivity contribution in [1.29, 1.82) is 0 Å². The van der Waals surface area contributed by atoms with Crippen molar-refractivity contribution in [2.24, 2.45) is 7.05 Å². The average Bonchev–Trinajstić information content (AvgIpc) is 3.56. The van der Waals surface area contributed by atoms with E-state index in [0.717, 1.165) is 33.4 Å². The summed E-state index contributed by atoms with van der Waals surface area (Å²) in [6.45, 7) is 4.22. The van der Waals surface area contributed by atoms with Crippen LogP contribution in [-0.2, 0) is 16.6 Å². The maximum absolute atomic E-state index is 13.0. The number of para-hydroxylation sites is 1. The molecule has 10 nitrogen and oxygen atoms in total. The minimum atomic E-state index is -0.304. The lowest BCUT2D eigenvalue weighted by molar-refractivity contribution is -0.118. The summed E-state index contributed by atoms with van der Waals surface area (Å²) in [6.07, 6.45) is 1.84. The normalized spacial score (nSPS) is 16.1. The molecule has 0 spiro atoms. The standard InChI is InChI=1S/C25H29N7O3/c1-17-23(18-9-10-22-19(13-18)14-26-30(22)2)29-32(21-7-5-4-6-8-21)24(17)28-25(33)27-20-15-31(35-16-20)11-12-34-3/h4-10,13-14,20H,11-12,15-16H2,1-3H3,(H2,27,28,33)/t20-/m1/s1. The van der Waals surface area contributed by atoms with Gasteiger partial charge in [-0.15, -0.1) is 0 Å². The number of nitrogens with one attached hydrogen (secondary N) is 2. The summed E-state index contributed by atoms with van der Waals surface area (Å²) in [4.78, 5) is 18.6. The number of hydrogen-bond acceptors (Lipinski definition) is 6. The van der Waals surface area contributed by atoms with Gasteiger partial charge in [-0.3, -0.25) is 14.8 Å². The van der Waals surface area contributed by atoms with E-state index in [1.807, 2.05) is 67.3 Å². The number of aryl methyl sites for hydroxylation is 1. The fourth-order valence-corrected chi connectivity index (χ4v) is 4.30. The van der Waals surface area contributed by atoms with E-state index in [2.05, 4.69) is 21.8 Å². The number of fused-ring (bicyclic) bond motifs is 1. The van der Waals surface area contributed by atoms with Gasteiger partial charge in [-0.05, 0) is 31.2 Å². The lowest BCUT2D eigenvalue weighted by Gasteiger charge is -2.15. The van der Waals surface area contributed by atoms with Crippen LogP contribution in [0.4, 0.5) is 10.6 Å². The molecule has 1 atom stereocenters. The zero-order valence-corrected chi connectivity index (χ0v) is 20.1. The first-order chi connectivity index (χ1) is 17.0. The quantitative estimate of drug-likeness (QED) is 0.426. The van der Waals surface area contributed by atoms with Crippen LogP contribution < -0.4 is 10.6 Å². The molecular weight excluding hydrogens is 446 g/mol. The van der Waals surface area contributed by atoms with Crippen molar-refractivity contribution in [1.82, 2.24) is 29.9 Å². The Bertz CT molecular complexity index is 1330. The number of benzene rings is 2. The number of anilines is 1. The fourth-order valence-electron chi connectivity index (χ4n) is 4.30. The number of hydrogen-bond donors (Lipinski definition) is 2. The molecule has 0 bridgehead atoms. The number of carbonyl (C=O) groups is 1. The molecule has 1 aliphatic rings. The monoisotopic (exact) mass is 475 g/mol. The van der Waals surface area contributed by atoms with Crippen LogP contribution >= 0.6 is 0 Å². The van der Waals surface area contributed by atoms with Gasteiger partial charge in [-0.25, -0.2) is 9.48 Å². The molecule has 0 aliphatic carbocycles. The minimum Gasteiger partial charge on any atom is -0.383 e. The van der Waals surface area contributed by atoms with Gasteiger partial charge >= 0.3 is 6.03 Å². The third-order valence-corrected chi connectivity index (χ3v) is 6.14. The van der Waals surface area contributed by atoms with Crippen LogP contribution in [0.1, 0.15) is 5.56 Å². The van der Waals surface area contributed by atoms with Crippen molar-refractivity contribution < 1.29 is 14.4 Å². The lowest BCUT2D eigenvalue weighted by Crippen LogP contribution is -2.41. The van der Waals surface area contributed by atoms with E-state index in [9.17, 15) is 4.79 Å². The number of hydroxylamine groups is 2. The third-order valence-electron chi connectivity index (χ3n) is 6.14. The molecule has 1 aliphatic heterocycles. The second kappa shape index (κ2) is 9.87. The van der Waals surface area contributed by atoms with Gasteiger partial charge in [0.05, 0.1) is 42.4 Å². The summed E-state index contributed by atoms with van der Waals surface area (Å²) in [7, 11) is 3.57. The van der Waals surface area contributed by atoms with Crippen molar-refractivity contribution in [3.8, 4) is 16.9 Å². The van der Waals surface area contributed by atoms with E-state index in [1.54, 1.807) is 16.9 Å². The van der Waals surface area contributed by atoms with Crippen molar-refractivity contribution in [3.05, 3.63) is 60.3 Å². The van der Waals surface area contributed by atoms with Gasteiger partial charge in [-0.1, -0.05) is 24.3 Å². The van der Waals surface area contributed by atoms with Crippen LogP contribution in [-0.4, -0.2) is 70.1 Å². The molecule has 0 saturated carbocycles. The molecule has 0 unspecified atom stereocenters. The van der Waals surface area contributed by atoms with Gasteiger partial charge in [0.1, 0.15) is 5.82 Å². The smallest absolute Gasteiger partial charge is 0.320 e. The average molecular weight is 476 g/mol. The number of nitrogens with zero attached hydrogens (tertiary/aromatic N) is 5. The highest BCUT2D eigenvalue weighted by atomic mass is 16.7. The van der Waals surface area contributed by atoms with Crippen molar-refractivity contribution in [2.75, 3.05) is 38.7 Å². The molecule has 3 heterocycles. The number of aromatic nitrogens is 4. The van der Waals surface area contributed by atoms with Crippen molar-refractivity contribution >= 4 is 22.8 Å². The van der Waals surface area contributed by atoms with E-state index in [4.69, 9.17) is 14.7 Å². The summed E-state index contributed by atoms with van der Waals surface area (Å²) in [6, 6.07) is 15.5. The third kappa shape index (κ3) is 4.76. The Morgan fingerprint density at radius 3 is 2.86 bits per heavy atom. The summed E-state index contributed by atoms with van der Waals surface area (Å²) in [5, 5.41) is 18.1. The Hall–Kier alpha value is -3.73. The van der Waals surface area contributed by atoms with E-state index >= 15 is 0 Å². The van der Waals surface area contributed by atoms with Crippen LogP contribution in [0.2, 0.25) is 0 Å². The SMILES string of the molecule is COCCN1C[C@@H](NC(=O)Nc2c(C)c(-c3ccc4c(cnn4C)c3)nn2-c2ccccc2)CO1. The summed E-state index contributed by atoms with van der Waals surface area (Å²) in [5.41, 5.74) is 4.53. The molecule has 5 rings (SSSR count). The Kier molecular flexibility index (Phi) is 6.49. The highest BCUT2D eigenvalue weighted by Gasteiger charge is 2.26. The van der Waals surface area contributed by atoms with Gasteiger partial charge in [-0.2, -0.15) is 15.3 Å². The maximum Gasteiger partial charge on any atom is 0.320 e. The first-order valence-electron chi connectivity index (χ1n) is 11.5. The van der Waals surface area contributed by atoms with Crippen LogP contribution in [0.15, 0.2) is 54.7 Å². The summed E-state index contributed by atoms with van der Waals surface area (Å²) in [5.74, 6) is 0.616. The predicted molar refractivity (Wildman–Crippen MR) is 133 cm³/mol. The lowest BCUT2D eigenvalue weighted by atomic mass is 10.1. The Labute approximate surface area is 203 Å². The highest BCUT2D eigenvalue weighted by Crippen LogP contribution is 2.32. The van der Waals surface area contributed by atoms with Crippen molar-refractivity contribution in [3.63, 3.8) is 0 Å². The molecule has 35 heavy (non-hydrogen) atoms. The minimum absolute atomic E-state index is 0.118. The van der Waals surface area contributed by atoms with Gasteiger partial charge in [0.2, 0.25) is 0 Å². The maximum atomic E-state index is 13.0. The second-order valence-corrected chi connectivity index (χ2v) is 8.58. The van der Waals surface area contributed by atoms with Crippen LogP contribution in [0.5, 0.6) is 0 Å². The first-order valence-corrected chi connectivity index (χ1v) is 11.5.